The van der Waals surface area contributed by atoms with Crippen molar-refractivity contribution in [2.45, 2.75) is 0 Å². The largest absolute Gasteiger partial charge is 0.309 e. The van der Waals surface area contributed by atoms with Gasteiger partial charge in [-0.25, -0.2) is 15.0 Å². The topological polar surface area (TPSA) is 43.6 Å². The summed E-state index contributed by atoms with van der Waals surface area (Å²) in [6, 6.07) is 130. The van der Waals surface area contributed by atoms with Crippen molar-refractivity contribution in [2.75, 3.05) is 0 Å². The van der Waals surface area contributed by atoms with Crippen molar-refractivity contribution in [1.82, 2.24) is 19.5 Å². The lowest BCUT2D eigenvalue weighted by molar-refractivity contribution is 1.07. The number of hydrogen-bond acceptors (Lipinski definition) is 3. The smallest absolute Gasteiger partial charge is 0.164 e. The lowest BCUT2D eigenvalue weighted by Gasteiger charge is -2.79. The lowest BCUT2D eigenvalue weighted by atomic mass is 10.1. The van der Waals surface area contributed by atoms with Crippen LogP contribution in [0.15, 0.2) is 340 Å². The first kappa shape index (κ1) is 50.3. The minimum atomic E-state index is -3.55. The Morgan fingerprint density at radius 1 is 0.205 bits per heavy atom. The van der Waals surface area contributed by atoms with E-state index in [9.17, 15) is 0 Å². The third-order valence-corrected chi connectivity index (χ3v) is 95.3. The second-order valence-electron chi connectivity index (χ2n) is 21.7. The average molecular weight is 1130 g/mol. The van der Waals surface area contributed by atoms with Gasteiger partial charge in [0.25, 0.3) is 0 Å². The first-order valence-electron chi connectivity index (χ1n) is 28.6. The Kier molecular flexibility index (Phi) is 12.5. The number of rotatable bonds is 12. The average Bonchev–Trinajstić information content (AvgIpc) is 0.840. The van der Waals surface area contributed by atoms with Gasteiger partial charge in [0, 0.05) is 33.2 Å². The number of hydrogen-bond donors (Lipinski definition) is 0. The van der Waals surface area contributed by atoms with Crippen molar-refractivity contribution in [3.63, 3.8) is 0 Å². The van der Waals surface area contributed by atoms with Crippen molar-refractivity contribution < 1.29 is 0 Å². The summed E-state index contributed by atoms with van der Waals surface area (Å²) in [6.07, 6.45) is 0. The summed E-state index contributed by atoms with van der Waals surface area (Å²) >= 11 is 0. The zero-order valence-corrected chi connectivity index (χ0v) is 49.6. The molecule has 83 heavy (non-hydrogen) atoms. The van der Waals surface area contributed by atoms with E-state index in [1.165, 1.54) is 69.0 Å². The van der Waals surface area contributed by atoms with Crippen LogP contribution in [0.25, 0.3) is 61.7 Å². The van der Waals surface area contributed by atoms with Gasteiger partial charge in [-0.2, -0.15) is 0 Å². The second kappa shape index (κ2) is 20.7. The van der Waals surface area contributed by atoms with Gasteiger partial charge in [-0.05, 0) is 24.3 Å². The van der Waals surface area contributed by atoms with Gasteiger partial charge in [0.05, 0.1) is 11.0 Å². The molecule has 0 aliphatic carbocycles. The molecule has 0 atom stereocenters. The molecule has 0 saturated carbocycles. The Morgan fingerprint density at radius 3 is 0.819 bits per heavy atom. The molecule has 1 aliphatic rings. The van der Waals surface area contributed by atoms with Gasteiger partial charge in [0.1, 0.15) is 28.4 Å². The first-order valence-corrected chi connectivity index (χ1v) is 40.6. The van der Waals surface area contributed by atoms with Crippen LogP contribution in [0.3, 0.4) is 0 Å². The summed E-state index contributed by atoms with van der Waals surface area (Å²) in [5.74, 6) is 1.94. The molecule has 0 bridgehead atoms. The zero-order chi connectivity index (χ0) is 55.3. The minimum Gasteiger partial charge on any atom is -0.309 e. The van der Waals surface area contributed by atoms with E-state index in [0.717, 1.165) is 16.7 Å². The van der Waals surface area contributed by atoms with Gasteiger partial charge in [0.15, 0.2) is 17.5 Å². The van der Waals surface area contributed by atoms with E-state index in [1.807, 2.05) is 12.1 Å². The van der Waals surface area contributed by atoms with Crippen LogP contribution >= 0.6 is 0 Å². The highest BCUT2D eigenvalue weighted by Gasteiger charge is 2.94. The van der Waals surface area contributed by atoms with Gasteiger partial charge in [-0.3, -0.25) is 0 Å². The summed E-state index contributed by atoms with van der Waals surface area (Å²) in [5, 5.41) is 14.2. The molecule has 2 aromatic heterocycles. The van der Waals surface area contributed by atoms with Crippen LogP contribution in [-0.2, 0) is 0 Å². The summed E-state index contributed by atoms with van der Waals surface area (Å²) in [5.41, 5.74) is 6.44. The van der Waals surface area contributed by atoms with Gasteiger partial charge >= 0.3 is 0 Å². The molecule has 0 N–H and O–H groups in total. The molecule has 0 spiro atoms. The van der Waals surface area contributed by atoms with Crippen LogP contribution in [0.2, 0.25) is 0 Å². The quantitative estimate of drug-likeness (QED) is 0.115. The zero-order valence-electron chi connectivity index (χ0n) is 45.6. The number of aromatic nitrogens is 4. The molecule has 1 saturated heterocycles. The van der Waals surface area contributed by atoms with Gasteiger partial charge in [0.2, 0.25) is 0 Å². The van der Waals surface area contributed by atoms with E-state index in [4.69, 9.17) is 15.0 Å². The lowest BCUT2D eigenvalue weighted by Crippen LogP contribution is -3.25. The summed E-state index contributed by atoms with van der Waals surface area (Å²) in [7, 11) is -14.1. The molecule has 0 unspecified atom stereocenters. The van der Waals surface area contributed by atoms with Crippen molar-refractivity contribution in [3.05, 3.63) is 340 Å². The minimum absolute atomic E-state index is 0.645. The fourth-order valence-electron chi connectivity index (χ4n) is 15.2. The predicted molar refractivity (Wildman–Crippen MR) is 356 cm³/mol. The van der Waals surface area contributed by atoms with Crippen LogP contribution in [0, 0.1) is 0 Å². The Balaban J connectivity index is 1.17. The van der Waals surface area contributed by atoms with E-state index >= 15 is 0 Å². The molecule has 1 fully saturated rings. The van der Waals surface area contributed by atoms with Crippen LogP contribution in [0.4, 0.5) is 0 Å². The highest BCUT2D eigenvalue weighted by atomic mass is 30.2. The van der Waals surface area contributed by atoms with E-state index < -0.39 is 28.4 Å². The Hall–Kier alpha value is -9.68. The van der Waals surface area contributed by atoms with E-state index in [1.54, 1.807) is 0 Å². The van der Waals surface area contributed by atoms with Gasteiger partial charge < -0.3 is 4.57 Å². The molecular weight excluding hydrogens is 1070 g/mol. The Bertz CT molecular complexity index is 4330. The van der Waals surface area contributed by atoms with Gasteiger partial charge in [-0.1, -0.05) is 357 Å². The predicted octanol–water partition coefficient (Wildman–Crippen LogP) is 11.6. The number of benzene rings is 12. The summed E-state index contributed by atoms with van der Waals surface area (Å²) in [4.78, 5) is 16.1. The fourth-order valence-corrected chi connectivity index (χ4v) is 137. The third-order valence-electron chi connectivity index (χ3n) is 17.9. The third kappa shape index (κ3) is 7.37. The molecule has 0 radical (unpaired) electrons. The van der Waals surface area contributed by atoms with Gasteiger partial charge in [-0.15, -0.1) is 0 Å². The Labute approximate surface area is 487 Å². The normalized spacial score (nSPS) is 17.0. The van der Waals surface area contributed by atoms with E-state index in [-0.39, 0.29) is 0 Å². The first-order chi connectivity index (χ1) is 41.2. The van der Waals surface area contributed by atoms with Crippen LogP contribution in [0.5, 0.6) is 0 Å². The van der Waals surface area contributed by atoms with Crippen molar-refractivity contribution in [2.24, 2.45) is 0 Å². The Morgan fingerprint density at radius 2 is 0.458 bits per heavy atom. The number of para-hydroxylation sites is 2. The highest BCUT2D eigenvalue weighted by Crippen LogP contribution is 2.51. The fraction of sp³-hybridized carbons (Fsp3) is 0. The van der Waals surface area contributed by atoms with Crippen LogP contribution in [-0.4, -0.2) is 48.0 Å². The molecule has 1 aliphatic heterocycles. The summed E-state index contributed by atoms with van der Waals surface area (Å²) in [6.45, 7) is 0. The second-order valence-corrected chi connectivity index (χ2v) is 56.4. The molecule has 4 nitrogen and oxygen atoms in total. The number of fused-ring (bicyclic) bond motifs is 3. The van der Waals surface area contributed by atoms with E-state index in [0.29, 0.717) is 17.5 Å². The maximum absolute atomic E-state index is 5.47. The maximum Gasteiger partial charge on any atom is 0.164 e. The molecule has 0 amide bonds. The maximum atomic E-state index is 5.47. The standard InChI is InChI=1S/C75H56N4Si4/c1-9-31-57(32-10-1)73-76-74(58-33-11-2-12-34-58)78-75(77-73)59-35-29-49-67(55-59)82(65-45-21-7-22-46-65)80(61-37-13-3-14-38-61,62-39-15-4-16-40-62)83(66-47-23-8-24-48-66,81(82,63-41-17-5-18-42-63)64-43-19-6-20-44-64)68-50-30-36-60(56-68)79-71-53-27-25-51-69(71)70-52-26-28-54-72(70)79/h1-56H. The molecule has 12 aromatic carbocycles. The van der Waals surface area contributed by atoms with Crippen LogP contribution < -0.4 is 41.5 Å². The molecule has 392 valence electrons. The molecule has 8 heteroatoms. The molecule has 14 aromatic rings. The monoisotopic (exact) mass is 1120 g/mol. The number of nitrogens with zero attached hydrogens (tertiary/aromatic N) is 4. The molecule has 3 heterocycles. The highest BCUT2D eigenvalue weighted by molar-refractivity contribution is 8.27. The van der Waals surface area contributed by atoms with Crippen molar-refractivity contribution in [3.8, 4) is 39.9 Å². The summed E-state index contributed by atoms with van der Waals surface area (Å²) < 4.78 is 2.54. The molecule has 15 rings (SSSR count). The SMILES string of the molecule is c1ccc(-c2nc(-c3ccccc3)nc(-c3cccc([Si]4(c5ccccc5)[Si](c5ccccc5)(c5ccccc5)[Si](c5ccccc5)(c5cccc(-n6c7ccccc7c7ccccc76)c5)[Si]4(c4ccccc4)c4ccccc4)c3)n2)cc1. The van der Waals surface area contributed by atoms with Crippen molar-refractivity contribution in [1.29, 1.82) is 0 Å². The van der Waals surface area contributed by atoms with Crippen LogP contribution in [0.1, 0.15) is 0 Å². The van der Waals surface area contributed by atoms with Crippen molar-refractivity contribution >= 4 is 91.7 Å². The molecular formula is C75H56N4Si4. The van der Waals surface area contributed by atoms with E-state index in [2.05, 4.69) is 332 Å².